The lowest BCUT2D eigenvalue weighted by atomic mass is 10.0. The smallest absolute Gasteiger partial charge is 0.344 e. The van der Waals surface area contributed by atoms with E-state index in [9.17, 15) is 39.0 Å². The molecule has 13 nitrogen and oxygen atoms in total. The molecule has 1 rings (SSSR count). The molecule has 0 aromatic heterocycles. The molecule has 1 fully saturated rings. The molecule has 0 aromatic rings. The standard InChI is InChI=1S/C19H31N5O8/c1-4-13(25)21-12(9-14(26)27)17(29)23(15(10(2)3)18(30)31)24-16(28)11(22-19(24)32)7-5-6-8-20/h10-12,15H,4-9,20H2,1-3H3,(H,21,25)(H,22,32)(H,26,27)(H,30,31)/t11-,12-,15-/m0/s1. The van der Waals surface area contributed by atoms with E-state index in [2.05, 4.69) is 10.6 Å². The van der Waals surface area contributed by atoms with E-state index in [0.717, 1.165) is 0 Å². The number of unbranched alkanes of at least 4 members (excludes halogenated alkanes) is 1. The van der Waals surface area contributed by atoms with Gasteiger partial charge in [0.25, 0.3) is 11.8 Å². The van der Waals surface area contributed by atoms with Crippen molar-refractivity contribution in [3.8, 4) is 0 Å². The molecule has 6 N–H and O–H groups in total. The molecule has 180 valence electrons. The predicted octanol–water partition coefficient (Wildman–Crippen LogP) is -0.742. The highest BCUT2D eigenvalue weighted by Crippen LogP contribution is 2.22. The Balaban J connectivity index is 3.41. The number of hydrogen-bond donors (Lipinski definition) is 5. The number of carboxylic acid groups (broad SMARTS) is 2. The number of aliphatic carboxylic acids is 2. The Morgan fingerprint density at radius 1 is 1.19 bits per heavy atom. The van der Waals surface area contributed by atoms with E-state index >= 15 is 0 Å². The summed E-state index contributed by atoms with van der Waals surface area (Å²) in [5.41, 5.74) is 5.44. The fourth-order valence-electron chi connectivity index (χ4n) is 3.28. The van der Waals surface area contributed by atoms with Gasteiger partial charge in [-0.15, -0.1) is 0 Å². The SMILES string of the molecule is CCC(=O)N[C@@H](CC(=O)O)C(=O)N([C@H](C(=O)O)C(C)C)N1C(=O)N[C@@H](CCCCN)C1=O. The number of nitrogens with one attached hydrogen (secondary N) is 2. The average Bonchev–Trinajstić information content (AvgIpc) is 2.97. The monoisotopic (exact) mass is 457 g/mol. The topological polar surface area (TPSA) is 199 Å². The van der Waals surface area contributed by atoms with Gasteiger partial charge in [-0.25, -0.2) is 14.6 Å². The third-order valence-corrected chi connectivity index (χ3v) is 4.87. The Hall–Kier alpha value is -3.22. The van der Waals surface area contributed by atoms with Crippen LogP contribution in [0.3, 0.4) is 0 Å². The molecular formula is C19H31N5O8. The maximum atomic E-state index is 13.3. The lowest BCUT2D eigenvalue weighted by Gasteiger charge is -2.37. The van der Waals surface area contributed by atoms with Gasteiger partial charge in [0, 0.05) is 6.42 Å². The van der Waals surface area contributed by atoms with Crippen molar-refractivity contribution in [3.63, 3.8) is 0 Å². The van der Waals surface area contributed by atoms with Crippen molar-refractivity contribution < 1.29 is 39.0 Å². The van der Waals surface area contributed by atoms with E-state index < -0.39 is 66.2 Å². The quantitative estimate of drug-likeness (QED) is 0.174. The lowest BCUT2D eigenvalue weighted by molar-refractivity contribution is -0.172. The van der Waals surface area contributed by atoms with Crippen molar-refractivity contribution in [2.75, 3.05) is 6.54 Å². The Bertz CT molecular complexity index is 756. The zero-order valence-electron chi connectivity index (χ0n) is 18.4. The molecule has 32 heavy (non-hydrogen) atoms. The molecule has 0 radical (unpaired) electrons. The number of nitrogens with two attached hydrogens (primary N) is 1. The summed E-state index contributed by atoms with van der Waals surface area (Å²) in [5.74, 6) is -6.40. The van der Waals surface area contributed by atoms with Crippen molar-refractivity contribution in [1.29, 1.82) is 0 Å². The van der Waals surface area contributed by atoms with Crippen LogP contribution in [0.25, 0.3) is 0 Å². The number of urea groups is 1. The second-order valence-electron chi connectivity index (χ2n) is 7.72. The van der Waals surface area contributed by atoms with Gasteiger partial charge >= 0.3 is 18.0 Å². The molecule has 0 unspecified atom stereocenters. The van der Waals surface area contributed by atoms with Gasteiger partial charge < -0.3 is 26.6 Å². The number of imide groups is 1. The minimum absolute atomic E-state index is 0.0672. The van der Waals surface area contributed by atoms with Gasteiger partial charge in [0.1, 0.15) is 12.1 Å². The average molecular weight is 457 g/mol. The molecule has 0 bridgehead atoms. The zero-order valence-corrected chi connectivity index (χ0v) is 18.4. The second kappa shape index (κ2) is 12.0. The Labute approximate surface area is 185 Å². The van der Waals surface area contributed by atoms with Crippen molar-refractivity contribution in [2.45, 2.75) is 71.0 Å². The van der Waals surface area contributed by atoms with Gasteiger partial charge in [-0.05, 0) is 31.7 Å². The highest BCUT2D eigenvalue weighted by molar-refractivity contribution is 6.06. The largest absolute Gasteiger partial charge is 0.481 e. The number of nitrogens with zero attached hydrogens (tertiary/aromatic N) is 2. The normalized spacial score (nSPS) is 17.7. The highest BCUT2D eigenvalue weighted by Gasteiger charge is 2.49. The van der Waals surface area contributed by atoms with E-state index in [0.29, 0.717) is 29.4 Å². The minimum Gasteiger partial charge on any atom is -0.481 e. The Kier molecular flexibility index (Phi) is 10.0. The molecule has 13 heteroatoms. The number of carboxylic acids is 2. The van der Waals surface area contributed by atoms with Crippen LogP contribution in [-0.2, 0) is 24.0 Å². The predicted molar refractivity (Wildman–Crippen MR) is 110 cm³/mol. The molecule has 0 spiro atoms. The summed E-state index contributed by atoms with van der Waals surface area (Å²) in [4.78, 5) is 74.0. The number of hydrogen-bond acceptors (Lipinski definition) is 7. The summed E-state index contributed by atoms with van der Waals surface area (Å²) < 4.78 is 0. The van der Waals surface area contributed by atoms with Crippen molar-refractivity contribution in [2.24, 2.45) is 11.7 Å². The van der Waals surface area contributed by atoms with Crippen LogP contribution in [-0.4, -0.2) is 80.6 Å². The molecule has 0 aromatic carbocycles. The summed E-state index contributed by atoms with van der Waals surface area (Å²) >= 11 is 0. The lowest BCUT2D eigenvalue weighted by Crippen LogP contribution is -2.63. The molecular weight excluding hydrogens is 426 g/mol. The first kappa shape index (κ1) is 26.8. The summed E-state index contributed by atoms with van der Waals surface area (Å²) in [6.45, 7) is 4.79. The van der Waals surface area contributed by atoms with Gasteiger partial charge in [0.2, 0.25) is 5.91 Å². The first-order valence-electron chi connectivity index (χ1n) is 10.4. The van der Waals surface area contributed by atoms with Gasteiger partial charge in [-0.2, -0.15) is 5.01 Å². The van der Waals surface area contributed by atoms with E-state index in [1.54, 1.807) is 0 Å². The van der Waals surface area contributed by atoms with Gasteiger partial charge in [-0.1, -0.05) is 20.8 Å². The fraction of sp³-hybridized carbons (Fsp3) is 0.684. The van der Waals surface area contributed by atoms with E-state index in [1.807, 2.05) is 0 Å². The van der Waals surface area contributed by atoms with Crippen LogP contribution in [0.4, 0.5) is 4.79 Å². The number of carbonyl (C=O) groups is 6. The first-order valence-corrected chi connectivity index (χ1v) is 10.4. The van der Waals surface area contributed by atoms with Crippen LogP contribution < -0.4 is 16.4 Å². The second-order valence-corrected chi connectivity index (χ2v) is 7.72. The van der Waals surface area contributed by atoms with Gasteiger partial charge in [0.15, 0.2) is 6.04 Å². The van der Waals surface area contributed by atoms with Crippen LogP contribution in [0.5, 0.6) is 0 Å². The van der Waals surface area contributed by atoms with E-state index in [-0.39, 0.29) is 12.8 Å². The summed E-state index contributed by atoms with van der Waals surface area (Å²) in [6.07, 6.45) is 0.397. The number of carbonyl (C=O) groups excluding carboxylic acids is 4. The number of amides is 5. The molecule has 0 aliphatic carbocycles. The molecule has 1 aliphatic heterocycles. The minimum atomic E-state index is -1.68. The van der Waals surface area contributed by atoms with Crippen molar-refractivity contribution >= 4 is 35.7 Å². The van der Waals surface area contributed by atoms with Crippen LogP contribution in [0, 0.1) is 5.92 Å². The molecule has 1 heterocycles. The third kappa shape index (κ3) is 6.64. The number of hydrazine groups is 1. The van der Waals surface area contributed by atoms with Crippen molar-refractivity contribution in [1.82, 2.24) is 20.7 Å². The van der Waals surface area contributed by atoms with Crippen LogP contribution in [0.15, 0.2) is 0 Å². The summed E-state index contributed by atoms with van der Waals surface area (Å²) in [6, 6.07) is -5.36. The number of rotatable bonds is 13. The fourth-order valence-corrected chi connectivity index (χ4v) is 3.28. The summed E-state index contributed by atoms with van der Waals surface area (Å²) in [7, 11) is 0. The van der Waals surface area contributed by atoms with E-state index in [4.69, 9.17) is 5.73 Å². The first-order chi connectivity index (χ1) is 15.0. The van der Waals surface area contributed by atoms with Gasteiger partial charge in [-0.3, -0.25) is 19.2 Å². The van der Waals surface area contributed by atoms with Gasteiger partial charge in [0.05, 0.1) is 6.42 Å². The molecule has 5 amide bonds. The highest BCUT2D eigenvalue weighted by atomic mass is 16.4. The van der Waals surface area contributed by atoms with Crippen LogP contribution in [0.2, 0.25) is 0 Å². The zero-order chi connectivity index (χ0) is 24.6. The van der Waals surface area contributed by atoms with Crippen LogP contribution in [0.1, 0.15) is 52.9 Å². The molecule has 1 aliphatic rings. The maximum absolute atomic E-state index is 13.3. The third-order valence-electron chi connectivity index (χ3n) is 4.87. The Morgan fingerprint density at radius 3 is 2.28 bits per heavy atom. The molecule has 1 saturated heterocycles. The van der Waals surface area contributed by atoms with Crippen LogP contribution >= 0.6 is 0 Å². The maximum Gasteiger partial charge on any atom is 0.344 e. The molecule has 3 atom stereocenters. The van der Waals surface area contributed by atoms with E-state index in [1.165, 1.54) is 20.8 Å². The molecule has 0 saturated carbocycles. The van der Waals surface area contributed by atoms with Crippen molar-refractivity contribution in [3.05, 3.63) is 0 Å². The Morgan fingerprint density at radius 2 is 1.81 bits per heavy atom. The summed E-state index contributed by atoms with van der Waals surface area (Å²) in [5, 5.41) is 24.4.